The maximum atomic E-state index is 13.9. The molecule has 0 fully saturated rings. The Morgan fingerprint density at radius 2 is 1.00 bits per heavy atom. The lowest BCUT2D eigenvalue weighted by Crippen LogP contribution is -2.36. The quantitative estimate of drug-likeness (QED) is 0.197. The molecule has 0 spiro atoms. The van der Waals surface area contributed by atoms with Gasteiger partial charge in [-0.05, 0) is 54.9 Å². The van der Waals surface area contributed by atoms with Crippen molar-refractivity contribution < 1.29 is 44.1 Å². The van der Waals surface area contributed by atoms with Gasteiger partial charge >= 0.3 is 17.9 Å². The second kappa shape index (κ2) is 13.4. The molecule has 11 heteroatoms. The summed E-state index contributed by atoms with van der Waals surface area (Å²) in [5.41, 5.74) is -4.29. The van der Waals surface area contributed by atoms with E-state index in [4.69, 9.17) is 0 Å². The minimum atomic E-state index is -1.92. The van der Waals surface area contributed by atoms with E-state index in [1.54, 1.807) is 26.0 Å². The average molecular weight is 583 g/mol. The highest BCUT2D eigenvalue weighted by molar-refractivity contribution is 6.27. The summed E-state index contributed by atoms with van der Waals surface area (Å²) in [6, 6.07) is 4.66. The SMILES string of the molecule is CC(C)CC(=O)c1c(C(=O)O)c(C(=O)Nc2cc(C(C)C)cc(C(C)C)c2)c(C(=O)O)c(C(=O)NC(C)C)c1C(=O)O. The van der Waals surface area contributed by atoms with Crippen LogP contribution in [0.3, 0.4) is 0 Å². The average Bonchev–Trinajstić information content (AvgIpc) is 2.85. The van der Waals surface area contributed by atoms with Crippen LogP contribution >= 0.6 is 0 Å². The number of Topliss-reactive ketones (excluding diaryl/α,β-unsaturated/α-hetero) is 1. The zero-order valence-corrected chi connectivity index (χ0v) is 25.0. The van der Waals surface area contributed by atoms with E-state index in [1.165, 1.54) is 13.8 Å². The van der Waals surface area contributed by atoms with Crippen LogP contribution < -0.4 is 10.6 Å². The van der Waals surface area contributed by atoms with Crippen LogP contribution in [0.5, 0.6) is 0 Å². The van der Waals surface area contributed by atoms with Crippen molar-refractivity contribution in [2.45, 2.75) is 79.7 Å². The Balaban J connectivity index is 3.13. The molecule has 42 heavy (non-hydrogen) atoms. The van der Waals surface area contributed by atoms with Gasteiger partial charge in [-0.15, -0.1) is 0 Å². The molecule has 11 nitrogen and oxygen atoms in total. The fourth-order valence-electron chi connectivity index (χ4n) is 4.54. The highest BCUT2D eigenvalue weighted by Gasteiger charge is 2.40. The number of carbonyl (C=O) groups excluding carboxylic acids is 3. The van der Waals surface area contributed by atoms with Crippen molar-refractivity contribution >= 4 is 41.2 Å². The first kappa shape index (κ1) is 33.7. The number of amides is 2. The number of carboxylic acid groups (broad SMARTS) is 3. The molecular formula is C31H38N2O9. The molecule has 0 saturated carbocycles. The largest absolute Gasteiger partial charge is 0.478 e. The summed E-state index contributed by atoms with van der Waals surface area (Å²) < 4.78 is 0. The van der Waals surface area contributed by atoms with Crippen LogP contribution in [0.1, 0.15) is 147 Å². The summed E-state index contributed by atoms with van der Waals surface area (Å²) in [7, 11) is 0. The highest BCUT2D eigenvalue weighted by atomic mass is 16.4. The number of benzene rings is 2. The van der Waals surface area contributed by atoms with Gasteiger partial charge in [-0.3, -0.25) is 14.4 Å². The normalized spacial score (nSPS) is 11.2. The standard InChI is InChI=1S/C31H38N2O9/c1-13(2)9-20(34)21-24(29(37)38)22(27(35)32-16(7)8)26(31(41)42)23(25(21)30(39)40)28(36)33-19-11-17(14(3)4)10-18(12-19)15(5)6/h10-16H,9H2,1-8H3,(H,32,35)(H,33,36)(H,37,38)(H,39,40)(H,41,42). The number of carboxylic acids is 3. The zero-order valence-electron chi connectivity index (χ0n) is 25.0. The molecule has 2 aromatic carbocycles. The second-order valence-electron chi connectivity index (χ2n) is 11.5. The van der Waals surface area contributed by atoms with Crippen molar-refractivity contribution in [3.63, 3.8) is 0 Å². The summed E-state index contributed by atoms with van der Waals surface area (Å²) >= 11 is 0. The van der Waals surface area contributed by atoms with Gasteiger partial charge in [0, 0.05) is 23.7 Å². The van der Waals surface area contributed by atoms with Crippen molar-refractivity contribution in [3.8, 4) is 0 Å². The highest BCUT2D eigenvalue weighted by Crippen LogP contribution is 2.33. The number of carbonyl (C=O) groups is 6. The first-order valence-corrected chi connectivity index (χ1v) is 13.6. The van der Waals surface area contributed by atoms with Gasteiger partial charge in [0.15, 0.2) is 5.78 Å². The molecule has 0 saturated heterocycles. The van der Waals surface area contributed by atoms with Gasteiger partial charge < -0.3 is 26.0 Å². The van der Waals surface area contributed by atoms with E-state index in [9.17, 15) is 44.1 Å². The fourth-order valence-corrected chi connectivity index (χ4v) is 4.54. The summed E-state index contributed by atoms with van der Waals surface area (Å²) in [5.74, 6) is -9.35. The van der Waals surface area contributed by atoms with E-state index in [2.05, 4.69) is 10.6 Å². The first-order chi connectivity index (χ1) is 19.4. The van der Waals surface area contributed by atoms with Crippen molar-refractivity contribution in [2.75, 3.05) is 5.32 Å². The predicted molar refractivity (Wildman–Crippen MR) is 156 cm³/mol. The van der Waals surface area contributed by atoms with Crippen LogP contribution in [0, 0.1) is 5.92 Å². The lowest BCUT2D eigenvalue weighted by Gasteiger charge is -2.22. The van der Waals surface area contributed by atoms with E-state index in [1.807, 2.05) is 33.8 Å². The van der Waals surface area contributed by atoms with E-state index >= 15 is 0 Å². The van der Waals surface area contributed by atoms with Crippen LogP contribution in [-0.4, -0.2) is 56.9 Å². The number of rotatable bonds is 12. The van der Waals surface area contributed by atoms with Crippen molar-refractivity contribution in [1.29, 1.82) is 0 Å². The smallest absolute Gasteiger partial charge is 0.337 e. The van der Waals surface area contributed by atoms with Crippen LogP contribution in [0.4, 0.5) is 5.69 Å². The number of ketones is 1. The molecule has 0 bridgehead atoms. The van der Waals surface area contributed by atoms with Crippen LogP contribution in [-0.2, 0) is 0 Å². The molecule has 0 aliphatic heterocycles. The molecule has 2 aromatic rings. The van der Waals surface area contributed by atoms with Crippen molar-refractivity contribution in [3.05, 3.63) is 62.7 Å². The Morgan fingerprint density at radius 1 is 0.595 bits per heavy atom. The number of nitrogens with one attached hydrogen (secondary N) is 2. The maximum Gasteiger partial charge on any atom is 0.337 e. The molecule has 0 atom stereocenters. The van der Waals surface area contributed by atoms with Gasteiger partial charge in [-0.25, -0.2) is 14.4 Å². The topological polar surface area (TPSA) is 187 Å². The molecule has 0 heterocycles. The lowest BCUT2D eigenvalue weighted by atomic mass is 9.82. The van der Waals surface area contributed by atoms with Gasteiger partial charge in [0.25, 0.3) is 11.8 Å². The van der Waals surface area contributed by atoms with Gasteiger partial charge in [-0.1, -0.05) is 47.6 Å². The third-order valence-corrected chi connectivity index (χ3v) is 6.46. The summed E-state index contributed by atoms with van der Waals surface area (Å²) in [6.45, 7) is 14.1. The van der Waals surface area contributed by atoms with Gasteiger partial charge in [0.1, 0.15) is 0 Å². The van der Waals surface area contributed by atoms with Crippen LogP contribution in [0.25, 0.3) is 0 Å². The van der Waals surface area contributed by atoms with Gasteiger partial charge in [0.2, 0.25) is 0 Å². The minimum Gasteiger partial charge on any atom is -0.478 e. The number of anilines is 1. The first-order valence-electron chi connectivity index (χ1n) is 13.6. The van der Waals surface area contributed by atoms with E-state index in [0.717, 1.165) is 11.1 Å². The van der Waals surface area contributed by atoms with Crippen molar-refractivity contribution in [1.82, 2.24) is 5.32 Å². The minimum absolute atomic E-state index is 0.0463. The Morgan fingerprint density at radius 3 is 1.36 bits per heavy atom. The molecular weight excluding hydrogens is 544 g/mol. The summed E-state index contributed by atoms with van der Waals surface area (Å²) in [5, 5.41) is 35.6. The Labute approximate surface area is 244 Å². The molecule has 2 rings (SSSR count). The number of hydrogen-bond donors (Lipinski definition) is 5. The third kappa shape index (κ3) is 7.39. The molecule has 226 valence electrons. The number of hydrogen-bond acceptors (Lipinski definition) is 6. The van der Waals surface area contributed by atoms with Crippen LogP contribution in [0.2, 0.25) is 0 Å². The molecule has 0 aliphatic rings. The lowest BCUT2D eigenvalue weighted by molar-refractivity contribution is 0.0671. The van der Waals surface area contributed by atoms with Gasteiger partial charge in [0.05, 0.1) is 27.8 Å². The third-order valence-electron chi connectivity index (χ3n) is 6.46. The molecule has 2 amide bonds. The van der Waals surface area contributed by atoms with Crippen LogP contribution in [0.15, 0.2) is 18.2 Å². The Bertz CT molecular complexity index is 1370. The molecule has 0 aromatic heterocycles. The Kier molecular flexibility index (Phi) is 10.8. The summed E-state index contributed by atoms with van der Waals surface area (Å²) in [6.07, 6.45) is -0.326. The van der Waals surface area contributed by atoms with E-state index in [-0.39, 0.29) is 29.9 Å². The van der Waals surface area contributed by atoms with E-state index in [0.29, 0.717) is 0 Å². The zero-order chi connectivity index (χ0) is 32.2. The van der Waals surface area contributed by atoms with E-state index < -0.39 is 74.9 Å². The monoisotopic (exact) mass is 582 g/mol. The Hall–Kier alpha value is -4.54. The second-order valence-corrected chi connectivity index (χ2v) is 11.5. The van der Waals surface area contributed by atoms with Gasteiger partial charge in [-0.2, -0.15) is 0 Å². The molecule has 0 aliphatic carbocycles. The van der Waals surface area contributed by atoms with Crippen molar-refractivity contribution in [2.24, 2.45) is 5.92 Å². The predicted octanol–water partition coefficient (Wildman–Crippen LogP) is 5.65. The molecule has 0 unspecified atom stereocenters. The summed E-state index contributed by atoms with van der Waals surface area (Å²) in [4.78, 5) is 78.5. The fraction of sp³-hybridized carbons (Fsp3) is 0.419. The molecule has 5 N–H and O–H groups in total. The maximum absolute atomic E-state index is 13.9. The molecule has 0 radical (unpaired) electrons. The number of aromatic carboxylic acids is 3.